The fourth-order valence-corrected chi connectivity index (χ4v) is 13.9. The predicted molar refractivity (Wildman–Crippen MR) is 264 cm³/mol. The van der Waals surface area contributed by atoms with Gasteiger partial charge in [-0.15, -0.1) is 0 Å². The fourth-order valence-electron chi connectivity index (χ4n) is 13.9. The van der Waals surface area contributed by atoms with E-state index in [2.05, 4.69) is 205 Å². The highest BCUT2D eigenvalue weighted by Crippen LogP contribution is 2.66. The highest BCUT2D eigenvalue weighted by atomic mass is 15.3. The van der Waals surface area contributed by atoms with Crippen molar-refractivity contribution in [3.8, 4) is 0 Å². The smallest absolute Gasteiger partial charge is 0.252 e. The molecule has 1 saturated carbocycles. The van der Waals surface area contributed by atoms with Gasteiger partial charge in [0, 0.05) is 50.6 Å². The van der Waals surface area contributed by atoms with Crippen molar-refractivity contribution in [1.82, 2.24) is 0 Å². The molecule has 62 heavy (non-hydrogen) atoms. The van der Waals surface area contributed by atoms with E-state index < -0.39 is 0 Å². The molecule has 0 aromatic heterocycles. The quantitative estimate of drug-likeness (QED) is 0.161. The molecule has 0 bridgehead atoms. The first kappa shape index (κ1) is 38.5. The van der Waals surface area contributed by atoms with Crippen LogP contribution < -0.4 is 31.1 Å². The number of aryl methyl sites for hydroxylation is 1. The minimum absolute atomic E-state index is 0.0118. The summed E-state index contributed by atoms with van der Waals surface area (Å²) in [5, 5.41) is 0. The van der Waals surface area contributed by atoms with Crippen molar-refractivity contribution in [2.45, 2.75) is 141 Å². The van der Waals surface area contributed by atoms with Gasteiger partial charge in [0.2, 0.25) is 0 Å². The molecule has 0 radical (unpaired) electrons. The Morgan fingerprint density at radius 3 is 1.92 bits per heavy atom. The Bertz CT molecular complexity index is 2880. The lowest BCUT2D eigenvalue weighted by Gasteiger charge is -2.54. The second-order valence-corrected chi connectivity index (χ2v) is 22.8. The molecule has 4 atom stereocenters. The number of anilines is 7. The molecule has 0 N–H and O–H groups in total. The standard InChI is InChI=1S/C58H62BN3/c1-53(2,3)38-24-27-40(28-25-38)60-48-29-26-39(54(4,5)6)34-46(48)59-45-22-17-21-44-52(45)62(57(9)32-16-15-31-55(44,57)7)50-36-41(35-49(60)51(50)59)61-47-23-14-13-20-43(47)56(8)33-30-37-18-11-12-19-42(37)58(56,61)10/h11-14,17-29,34-36H,15-16,30-33H2,1-10H3. The Hall–Kier alpha value is -5.22. The lowest BCUT2D eigenvalue weighted by atomic mass is 9.33. The molecular weight excluding hydrogens is 749 g/mol. The molecule has 6 aromatic carbocycles. The summed E-state index contributed by atoms with van der Waals surface area (Å²) < 4.78 is 0. The molecule has 4 heteroatoms. The Labute approximate surface area is 371 Å². The number of para-hydroxylation sites is 2. The number of nitrogens with zero attached hydrogens (tertiary/aromatic N) is 3. The molecule has 3 nitrogen and oxygen atoms in total. The van der Waals surface area contributed by atoms with Crippen LogP contribution in [0.1, 0.15) is 135 Å². The summed E-state index contributed by atoms with van der Waals surface area (Å²) in [6.07, 6.45) is 7.14. The first-order chi connectivity index (χ1) is 29.5. The van der Waals surface area contributed by atoms with E-state index in [1.165, 1.54) is 110 Å². The van der Waals surface area contributed by atoms with Crippen molar-refractivity contribution < 1.29 is 0 Å². The maximum absolute atomic E-state index is 2.91. The lowest BCUT2D eigenvalue weighted by molar-refractivity contribution is 0.195. The summed E-state index contributed by atoms with van der Waals surface area (Å²) in [6, 6.07) is 48.4. The van der Waals surface area contributed by atoms with Crippen LogP contribution in [0.25, 0.3) is 0 Å². The average molecular weight is 812 g/mol. The topological polar surface area (TPSA) is 9.72 Å². The highest BCUT2D eigenvalue weighted by molar-refractivity contribution is 7.00. The van der Waals surface area contributed by atoms with Crippen LogP contribution in [0.5, 0.6) is 0 Å². The molecule has 6 aromatic rings. The van der Waals surface area contributed by atoms with Crippen LogP contribution in [-0.2, 0) is 33.6 Å². The molecule has 0 saturated heterocycles. The summed E-state index contributed by atoms with van der Waals surface area (Å²) in [5.41, 5.74) is 22.1. The predicted octanol–water partition coefficient (Wildman–Crippen LogP) is 12.9. The molecule has 4 heterocycles. The highest BCUT2D eigenvalue weighted by Gasteiger charge is 2.63. The molecule has 4 aliphatic heterocycles. The van der Waals surface area contributed by atoms with Gasteiger partial charge in [-0.1, -0.05) is 153 Å². The third-order valence-corrected chi connectivity index (χ3v) is 17.8. The second kappa shape index (κ2) is 12.3. The van der Waals surface area contributed by atoms with Crippen molar-refractivity contribution >= 4 is 62.9 Å². The Balaban J connectivity index is 1.21. The van der Waals surface area contributed by atoms with E-state index in [4.69, 9.17) is 0 Å². The van der Waals surface area contributed by atoms with Crippen molar-refractivity contribution in [1.29, 1.82) is 0 Å². The van der Waals surface area contributed by atoms with Gasteiger partial charge in [0.1, 0.15) is 0 Å². The van der Waals surface area contributed by atoms with Gasteiger partial charge in [-0.2, -0.15) is 0 Å². The third-order valence-electron chi connectivity index (χ3n) is 17.8. The molecule has 0 amide bonds. The third kappa shape index (κ3) is 4.64. The van der Waals surface area contributed by atoms with E-state index in [1.807, 2.05) is 0 Å². The van der Waals surface area contributed by atoms with Gasteiger partial charge < -0.3 is 14.7 Å². The van der Waals surface area contributed by atoms with Crippen LogP contribution in [0.3, 0.4) is 0 Å². The molecule has 4 unspecified atom stereocenters. The minimum atomic E-state index is -0.300. The van der Waals surface area contributed by atoms with Gasteiger partial charge >= 0.3 is 0 Å². The Morgan fingerprint density at radius 2 is 1.16 bits per heavy atom. The van der Waals surface area contributed by atoms with Crippen LogP contribution in [0, 0.1) is 0 Å². The van der Waals surface area contributed by atoms with Crippen molar-refractivity contribution in [3.63, 3.8) is 0 Å². The zero-order valence-electron chi connectivity index (χ0n) is 38.7. The molecule has 312 valence electrons. The monoisotopic (exact) mass is 812 g/mol. The first-order valence-electron chi connectivity index (χ1n) is 23.7. The van der Waals surface area contributed by atoms with Crippen molar-refractivity contribution in [2.75, 3.05) is 14.7 Å². The summed E-state index contributed by atoms with van der Waals surface area (Å²) in [4.78, 5) is 8.36. The molecule has 1 fully saturated rings. The average Bonchev–Trinajstić information content (AvgIpc) is 3.60. The SMILES string of the molecule is CC(C)(C)c1ccc(N2c3ccc(C(C)(C)C)cc3B3c4cccc5c4N(c4cc(N6c7ccccc7C7(C)CCc8ccccc8C67C)cc2c43)C2(C)CCCCC52C)cc1. The zero-order chi connectivity index (χ0) is 42.9. The van der Waals surface area contributed by atoms with Gasteiger partial charge in [0.25, 0.3) is 6.71 Å². The van der Waals surface area contributed by atoms with E-state index in [0.717, 1.165) is 12.8 Å². The minimum Gasteiger partial charge on any atom is -0.335 e. The number of rotatable bonds is 2. The summed E-state index contributed by atoms with van der Waals surface area (Å²) in [7, 11) is 0. The van der Waals surface area contributed by atoms with Gasteiger partial charge in [0.05, 0.1) is 11.1 Å². The summed E-state index contributed by atoms with van der Waals surface area (Å²) >= 11 is 0. The first-order valence-corrected chi connectivity index (χ1v) is 23.7. The van der Waals surface area contributed by atoms with Gasteiger partial charge in [-0.05, 0) is 137 Å². The van der Waals surface area contributed by atoms with Gasteiger partial charge in [0.15, 0.2) is 0 Å². The summed E-state index contributed by atoms with van der Waals surface area (Å²) in [6.45, 7) is 24.5. The number of hydrogen-bond donors (Lipinski definition) is 0. The number of fused-ring (bicyclic) bond motifs is 12. The molecule has 12 rings (SSSR count). The fraction of sp³-hybridized carbons (Fsp3) is 0.379. The number of hydrogen-bond acceptors (Lipinski definition) is 3. The molecule has 6 aliphatic rings. The van der Waals surface area contributed by atoms with E-state index in [1.54, 1.807) is 5.56 Å². The van der Waals surface area contributed by atoms with E-state index in [-0.39, 0.29) is 39.5 Å². The van der Waals surface area contributed by atoms with Crippen LogP contribution >= 0.6 is 0 Å². The normalized spacial score (nSPS) is 26.3. The zero-order valence-corrected chi connectivity index (χ0v) is 38.7. The van der Waals surface area contributed by atoms with Crippen LogP contribution in [0.15, 0.2) is 121 Å². The molecule has 2 aliphatic carbocycles. The van der Waals surface area contributed by atoms with E-state index in [9.17, 15) is 0 Å². The Kier molecular flexibility index (Phi) is 7.62. The van der Waals surface area contributed by atoms with Crippen LogP contribution in [0.4, 0.5) is 39.8 Å². The van der Waals surface area contributed by atoms with Crippen molar-refractivity contribution in [3.05, 3.63) is 155 Å². The number of benzene rings is 6. The summed E-state index contributed by atoms with van der Waals surface area (Å²) in [5.74, 6) is 0. The Morgan fingerprint density at radius 1 is 0.500 bits per heavy atom. The van der Waals surface area contributed by atoms with Crippen LogP contribution in [-0.4, -0.2) is 12.3 Å². The van der Waals surface area contributed by atoms with E-state index >= 15 is 0 Å². The van der Waals surface area contributed by atoms with Gasteiger partial charge in [-0.3, -0.25) is 0 Å². The maximum Gasteiger partial charge on any atom is 0.252 e. The van der Waals surface area contributed by atoms with Crippen LogP contribution in [0.2, 0.25) is 0 Å². The maximum atomic E-state index is 2.91. The van der Waals surface area contributed by atoms with E-state index in [0.29, 0.717) is 0 Å². The lowest BCUT2D eigenvalue weighted by Crippen LogP contribution is -2.64. The molecule has 0 spiro atoms. The van der Waals surface area contributed by atoms with Crippen molar-refractivity contribution in [2.24, 2.45) is 0 Å². The second-order valence-electron chi connectivity index (χ2n) is 22.8. The largest absolute Gasteiger partial charge is 0.335 e. The molecular formula is C58H62BN3. The van der Waals surface area contributed by atoms with Gasteiger partial charge in [-0.25, -0.2) is 0 Å².